The van der Waals surface area contributed by atoms with Gasteiger partial charge in [-0.3, -0.25) is 5.41 Å². The number of hydrogen-bond donors (Lipinski definition) is 1. The van der Waals surface area contributed by atoms with Gasteiger partial charge in [-0.2, -0.15) is 0 Å². The Bertz CT molecular complexity index is 669. The summed E-state index contributed by atoms with van der Waals surface area (Å²) >= 11 is 1.38. The summed E-state index contributed by atoms with van der Waals surface area (Å²) in [6.07, 6.45) is 0. The lowest BCUT2D eigenvalue weighted by atomic mass is 10.2. The molecule has 1 N–H and O–H groups in total. The van der Waals surface area contributed by atoms with Crippen LogP contribution in [0.5, 0.6) is 0 Å². The van der Waals surface area contributed by atoms with Crippen LogP contribution in [0.2, 0.25) is 0 Å². The second-order valence-electron chi connectivity index (χ2n) is 5.66. The fourth-order valence-electron chi connectivity index (χ4n) is 3.22. The average Bonchev–Trinajstić information content (AvgIpc) is 2.91. The topological polar surface area (TPSA) is 64.5 Å². The number of hydrogen-bond acceptors (Lipinski definition) is 5. The van der Waals surface area contributed by atoms with E-state index >= 15 is 0 Å². The van der Waals surface area contributed by atoms with Crippen LogP contribution in [0.25, 0.3) is 0 Å². The van der Waals surface area contributed by atoms with Crippen LogP contribution in [0.4, 0.5) is 11.4 Å². The molecule has 3 rings (SSSR count). The summed E-state index contributed by atoms with van der Waals surface area (Å²) < 4.78 is 23.7. The summed E-state index contributed by atoms with van der Waals surface area (Å²) in [5.41, 5.74) is 2.07. The van der Waals surface area contributed by atoms with Crippen LogP contribution in [-0.4, -0.2) is 49.5 Å². The van der Waals surface area contributed by atoms with E-state index in [1.54, 1.807) is 0 Å². The van der Waals surface area contributed by atoms with Crippen molar-refractivity contribution in [2.45, 2.75) is 25.1 Å². The molecule has 0 aliphatic carbocycles. The SMILES string of the molecule is CCN(CC)c1ccc(N2C(=N)S[C@@H]3CS(=O)(=O)C[C@H]32)cc1. The van der Waals surface area contributed by atoms with Crippen LogP contribution in [0, 0.1) is 5.41 Å². The van der Waals surface area contributed by atoms with Crippen molar-refractivity contribution in [3.8, 4) is 0 Å². The maximum Gasteiger partial charge on any atom is 0.161 e. The number of benzene rings is 1. The Labute approximate surface area is 136 Å². The summed E-state index contributed by atoms with van der Waals surface area (Å²) in [5.74, 6) is 0.351. The van der Waals surface area contributed by atoms with Crippen LogP contribution >= 0.6 is 11.8 Å². The van der Waals surface area contributed by atoms with Crippen LogP contribution in [0.15, 0.2) is 24.3 Å². The minimum atomic E-state index is -2.97. The molecule has 7 heteroatoms. The van der Waals surface area contributed by atoms with Crippen molar-refractivity contribution in [1.82, 2.24) is 0 Å². The predicted octanol–water partition coefficient (Wildman–Crippen LogP) is 2.19. The number of anilines is 2. The van der Waals surface area contributed by atoms with Gasteiger partial charge in [0.25, 0.3) is 0 Å². The number of nitrogens with one attached hydrogen (secondary N) is 1. The number of rotatable bonds is 4. The number of fused-ring (bicyclic) bond motifs is 1. The molecule has 120 valence electrons. The lowest BCUT2D eigenvalue weighted by Gasteiger charge is -2.26. The zero-order valence-corrected chi connectivity index (χ0v) is 14.5. The molecule has 0 bridgehead atoms. The average molecular weight is 339 g/mol. The van der Waals surface area contributed by atoms with E-state index in [1.165, 1.54) is 11.8 Å². The van der Waals surface area contributed by atoms with Gasteiger partial charge in [-0.25, -0.2) is 8.42 Å². The van der Waals surface area contributed by atoms with Crippen LogP contribution in [-0.2, 0) is 9.84 Å². The monoisotopic (exact) mass is 339 g/mol. The van der Waals surface area contributed by atoms with E-state index in [4.69, 9.17) is 5.41 Å². The fourth-order valence-corrected chi connectivity index (χ4v) is 7.02. The maximum absolute atomic E-state index is 11.8. The third-order valence-electron chi connectivity index (χ3n) is 4.34. The number of amidine groups is 1. The quantitative estimate of drug-likeness (QED) is 0.911. The second kappa shape index (κ2) is 5.77. The van der Waals surface area contributed by atoms with Crippen molar-refractivity contribution < 1.29 is 8.42 Å². The highest BCUT2D eigenvalue weighted by atomic mass is 32.2. The van der Waals surface area contributed by atoms with Crippen molar-refractivity contribution in [2.24, 2.45) is 0 Å². The molecule has 22 heavy (non-hydrogen) atoms. The minimum Gasteiger partial charge on any atom is -0.372 e. The number of thioether (sulfide) groups is 1. The molecule has 2 fully saturated rings. The van der Waals surface area contributed by atoms with E-state index in [9.17, 15) is 8.42 Å². The Morgan fingerprint density at radius 3 is 2.45 bits per heavy atom. The van der Waals surface area contributed by atoms with Crippen LogP contribution < -0.4 is 9.80 Å². The highest BCUT2D eigenvalue weighted by Crippen LogP contribution is 2.40. The van der Waals surface area contributed by atoms with Crippen molar-refractivity contribution in [1.29, 1.82) is 5.41 Å². The molecule has 1 aromatic carbocycles. The molecule has 2 heterocycles. The molecule has 0 spiro atoms. The van der Waals surface area contributed by atoms with Gasteiger partial charge in [0.15, 0.2) is 15.0 Å². The molecule has 0 radical (unpaired) electrons. The Balaban J connectivity index is 1.86. The molecular formula is C15H21N3O2S2. The van der Waals surface area contributed by atoms with Crippen molar-refractivity contribution in [3.05, 3.63) is 24.3 Å². The van der Waals surface area contributed by atoms with E-state index in [2.05, 4.69) is 30.9 Å². The lowest BCUT2D eigenvalue weighted by Crippen LogP contribution is -2.37. The summed E-state index contributed by atoms with van der Waals surface area (Å²) in [7, 11) is -2.97. The smallest absolute Gasteiger partial charge is 0.161 e. The first-order chi connectivity index (χ1) is 10.4. The molecule has 0 aromatic heterocycles. The predicted molar refractivity (Wildman–Crippen MR) is 94.0 cm³/mol. The van der Waals surface area contributed by atoms with E-state index < -0.39 is 9.84 Å². The molecular weight excluding hydrogens is 318 g/mol. The normalized spacial score (nSPS) is 26.3. The highest BCUT2D eigenvalue weighted by Gasteiger charge is 2.48. The van der Waals surface area contributed by atoms with Gasteiger partial charge in [0.05, 0.1) is 17.5 Å². The minimum absolute atomic E-state index is 0.0000383. The van der Waals surface area contributed by atoms with Crippen molar-refractivity contribution in [3.63, 3.8) is 0 Å². The Kier molecular flexibility index (Phi) is 4.11. The fraction of sp³-hybridized carbons (Fsp3) is 0.533. The van der Waals surface area contributed by atoms with E-state index in [0.29, 0.717) is 5.17 Å². The van der Waals surface area contributed by atoms with Gasteiger partial charge < -0.3 is 9.80 Å². The Morgan fingerprint density at radius 2 is 1.86 bits per heavy atom. The highest BCUT2D eigenvalue weighted by molar-refractivity contribution is 8.15. The molecule has 2 atom stereocenters. The van der Waals surface area contributed by atoms with Crippen LogP contribution in [0.3, 0.4) is 0 Å². The van der Waals surface area contributed by atoms with E-state index in [1.807, 2.05) is 17.0 Å². The van der Waals surface area contributed by atoms with Crippen molar-refractivity contribution in [2.75, 3.05) is 34.4 Å². The molecule has 5 nitrogen and oxygen atoms in total. The maximum atomic E-state index is 11.8. The third-order valence-corrected chi connectivity index (χ3v) is 7.47. The van der Waals surface area contributed by atoms with Crippen molar-refractivity contribution >= 4 is 38.1 Å². The largest absolute Gasteiger partial charge is 0.372 e. The standard InChI is InChI=1S/C15H21N3O2S2/c1-3-17(4-2)11-5-7-12(8-6-11)18-13-9-22(19,20)10-14(13)21-15(18)16/h5-8,13-14,16H,3-4,9-10H2,1-2H3/t13-,14-/m1/s1. The molecule has 1 aromatic rings. The van der Waals surface area contributed by atoms with E-state index in [-0.39, 0.29) is 22.8 Å². The molecule has 0 unspecified atom stereocenters. The van der Waals surface area contributed by atoms with E-state index in [0.717, 1.165) is 24.5 Å². The first-order valence-corrected chi connectivity index (χ1v) is 10.2. The first-order valence-electron chi connectivity index (χ1n) is 7.55. The molecule has 0 saturated carbocycles. The van der Waals surface area contributed by atoms with Crippen LogP contribution in [0.1, 0.15) is 13.8 Å². The molecule has 2 saturated heterocycles. The van der Waals surface area contributed by atoms with Gasteiger partial charge in [-0.1, -0.05) is 11.8 Å². The number of nitrogens with zero attached hydrogens (tertiary/aromatic N) is 2. The zero-order chi connectivity index (χ0) is 15.9. The zero-order valence-electron chi connectivity index (χ0n) is 12.8. The first kappa shape index (κ1) is 15.7. The lowest BCUT2D eigenvalue weighted by molar-refractivity contribution is 0.601. The Hall–Kier alpha value is -1.21. The molecule has 2 aliphatic rings. The van der Waals surface area contributed by atoms with Gasteiger partial charge in [-0.15, -0.1) is 0 Å². The second-order valence-corrected chi connectivity index (χ2v) is 9.05. The molecule has 2 aliphatic heterocycles. The summed E-state index contributed by atoms with van der Waals surface area (Å²) in [6, 6.07) is 8.00. The number of sulfone groups is 1. The Morgan fingerprint density at radius 1 is 1.23 bits per heavy atom. The summed E-state index contributed by atoms with van der Waals surface area (Å²) in [4.78, 5) is 4.14. The third kappa shape index (κ3) is 2.72. The molecule has 0 amide bonds. The van der Waals surface area contributed by atoms with Gasteiger partial charge in [0.1, 0.15) is 0 Å². The summed E-state index contributed by atoms with van der Waals surface area (Å²) in [5, 5.41) is 8.62. The van der Waals surface area contributed by atoms with Gasteiger partial charge in [-0.05, 0) is 38.1 Å². The van der Waals surface area contributed by atoms with Gasteiger partial charge >= 0.3 is 0 Å². The van der Waals surface area contributed by atoms with Gasteiger partial charge in [0.2, 0.25) is 0 Å². The summed E-state index contributed by atoms with van der Waals surface area (Å²) in [6.45, 7) is 6.15. The van der Waals surface area contributed by atoms with Gasteiger partial charge in [0, 0.05) is 29.7 Å².